The highest BCUT2D eigenvalue weighted by Gasteiger charge is 2.11. The maximum atomic E-state index is 12.1. The number of ether oxygens (including phenoxy) is 1. The number of pyridine rings is 1. The number of hydrogen-bond acceptors (Lipinski definition) is 4. The van der Waals surface area contributed by atoms with E-state index < -0.39 is 0 Å². The number of nitrogens with two attached hydrogens (primary N) is 1. The zero-order valence-corrected chi connectivity index (χ0v) is 11.6. The Morgan fingerprint density at radius 2 is 2.25 bits per heavy atom. The highest BCUT2D eigenvalue weighted by Crippen LogP contribution is 2.18. The Balaban J connectivity index is 2.19. The Morgan fingerprint density at radius 1 is 1.45 bits per heavy atom. The van der Waals surface area contributed by atoms with E-state index in [1.54, 1.807) is 13.2 Å². The quantitative estimate of drug-likeness (QED) is 0.849. The predicted molar refractivity (Wildman–Crippen MR) is 78.8 cm³/mol. The van der Waals surface area contributed by atoms with E-state index >= 15 is 0 Å². The van der Waals surface area contributed by atoms with Gasteiger partial charge in [-0.3, -0.25) is 4.79 Å². The molecule has 0 saturated carbocycles. The molecule has 1 aromatic heterocycles. The SMILES string of the molecule is COCc1cccc(NC(=O)c2cc(Cl)ncc2N)c1. The molecule has 0 bridgehead atoms. The van der Waals surface area contributed by atoms with E-state index in [-0.39, 0.29) is 16.7 Å². The maximum Gasteiger partial charge on any atom is 0.257 e. The number of carbonyl (C=O) groups excluding carboxylic acids is 1. The fraction of sp³-hybridized carbons (Fsp3) is 0.143. The number of benzene rings is 1. The van der Waals surface area contributed by atoms with Crippen LogP contribution >= 0.6 is 11.6 Å². The van der Waals surface area contributed by atoms with Crippen LogP contribution in [0.3, 0.4) is 0 Å². The van der Waals surface area contributed by atoms with E-state index in [0.717, 1.165) is 5.56 Å². The third-order valence-electron chi connectivity index (χ3n) is 2.64. The molecular weight excluding hydrogens is 278 g/mol. The minimum atomic E-state index is -0.332. The van der Waals surface area contributed by atoms with E-state index in [0.29, 0.717) is 17.9 Å². The van der Waals surface area contributed by atoms with Crippen molar-refractivity contribution in [2.75, 3.05) is 18.2 Å². The minimum Gasteiger partial charge on any atom is -0.397 e. The molecule has 3 N–H and O–H groups in total. The minimum absolute atomic E-state index is 0.220. The lowest BCUT2D eigenvalue weighted by atomic mass is 10.2. The Bertz CT molecular complexity index is 632. The predicted octanol–water partition coefficient (Wildman–Crippen LogP) is 2.72. The van der Waals surface area contributed by atoms with Crippen molar-refractivity contribution in [2.45, 2.75) is 6.61 Å². The van der Waals surface area contributed by atoms with Crippen LogP contribution in [0.4, 0.5) is 11.4 Å². The van der Waals surface area contributed by atoms with Crippen molar-refractivity contribution in [1.29, 1.82) is 0 Å². The molecule has 1 heterocycles. The van der Waals surface area contributed by atoms with Crippen molar-refractivity contribution in [2.24, 2.45) is 0 Å². The molecule has 20 heavy (non-hydrogen) atoms. The average Bonchev–Trinajstić information content (AvgIpc) is 2.42. The highest BCUT2D eigenvalue weighted by molar-refractivity contribution is 6.30. The smallest absolute Gasteiger partial charge is 0.257 e. The van der Waals surface area contributed by atoms with Gasteiger partial charge in [0.05, 0.1) is 24.1 Å². The van der Waals surface area contributed by atoms with Crippen LogP contribution in [0.25, 0.3) is 0 Å². The van der Waals surface area contributed by atoms with Crippen molar-refractivity contribution in [3.8, 4) is 0 Å². The first kappa shape index (κ1) is 14.3. The summed E-state index contributed by atoms with van der Waals surface area (Å²) < 4.78 is 5.05. The van der Waals surface area contributed by atoms with E-state index in [1.807, 2.05) is 18.2 Å². The second-order valence-electron chi connectivity index (χ2n) is 4.18. The molecule has 0 atom stereocenters. The van der Waals surface area contributed by atoms with Gasteiger partial charge in [0.2, 0.25) is 0 Å². The number of halogens is 1. The Hall–Kier alpha value is -2.11. The van der Waals surface area contributed by atoms with Crippen molar-refractivity contribution >= 4 is 28.9 Å². The molecule has 0 aliphatic rings. The van der Waals surface area contributed by atoms with Gasteiger partial charge in [-0.2, -0.15) is 0 Å². The van der Waals surface area contributed by atoms with Gasteiger partial charge in [-0.25, -0.2) is 4.98 Å². The summed E-state index contributed by atoms with van der Waals surface area (Å²) in [6.45, 7) is 0.479. The number of nitrogens with one attached hydrogen (secondary N) is 1. The van der Waals surface area contributed by atoms with Gasteiger partial charge in [0.15, 0.2) is 0 Å². The number of nitrogens with zero attached hydrogens (tertiary/aromatic N) is 1. The molecule has 2 rings (SSSR count). The first-order chi connectivity index (χ1) is 9.60. The van der Waals surface area contributed by atoms with E-state index in [9.17, 15) is 4.79 Å². The third kappa shape index (κ3) is 3.46. The number of aromatic nitrogens is 1. The lowest BCUT2D eigenvalue weighted by molar-refractivity contribution is 0.102. The fourth-order valence-electron chi connectivity index (χ4n) is 1.74. The summed E-state index contributed by atoms with van der Waals surface area (Å²) in [6.07, 6.45) is 1.36. The van der Waals surface area contributed by atoms with Gasteiger partial charge < -0.3 is 15.8 Å². The van der Waals surface area contributed by atoms with Gasteiger partial charge in [-0.15, -0.1) is 0 Å². The highest BCUT2D eigenvalue weighted by atomic mass is 35.5. The molecule has 1 aromatic carbocycles. The molecule has 0 aliphatic carbocycles. The summed E-state index contributed by atoms with van der Waals surface area (Å²) >= 11 is 5.77. The number of carbonyl (C=O) groups is 1. The molecule has 2 aromatic rings. The van der Waals surface area contributed by atoms with Crippen LogP contribution in [0.2, 0.25) is 5.15 Å². The summed E-state index contributed by atoms with van der Waals surface area (Å²) in [5.41, 5.74) is 7.92. The lowest BCUT2D eigenvalue weighted by Gasteiger charge is -2.09. The number of rotatable bonds is 4. The van der Waals surface area contributed by atoms with Crippen molar-refractivity contribution in [1.82, 2.24) is 4.98 Å². The Labute approximate surface area is 121 Å². The van der Waals surface area contributed by atoms with Crippen LogP contribution in [-0.2, 0) is 11.3 Å². The molecular formula is C14H14ClN3O2. The van der Waals surface area contributed by atoms with Crippen molar-refractivity contribution in [3.05, 3.63) is 52.8 Å². The largest absolute Gasteiger partial charge is 0.397 e. The molecule has 0 radical (unpaired) electrons. The van der Waals surface area contributed by atoms with Crippen LogP contribution in [-0.4, -0.2) is 18.0 Å². The van der Waals surface area contributed by atoms with E-state index in [4.69, 9.17) is 22.1 Å². The average molecular weight is 292 g/mol. The molecule has 104 valence electrons. The van der Waals surface area contributed by atoms with Crippen LogP contribution < -0.4 is 11.1 Å². The summed E-state index contributed by atoms with van der Waals surface area (Å²) in [5, 5.41) is 2.98. The van der Waals surface area contributed by atoms with Gasteiger partial charge in [-0.05, 0) is 23.8 Å². The molecule has 0 saturated heterocycles. The van der Waals surface area contributed by atoms with Gasteiger partial charge in [-0.1, -0.05) is 23.7 Å². The summed E-state index contributed by atoms with van der Waals surface area (Å²) in [7, 11) is 1.62. The van der Waals surface area contributed by atoms with E-state index in [2.05, 4.69) is 10.3 Å². The molecule has 5 nitrogen and oxygen atoms in total. The summed E-state index contributed by atoms with van der Waals surface area (Å²) in [6, 6.07) is 8.81. The number of hydrogen-bond donors (Lipinski definition) is 2. The summed E-state index contributed by atoms with van der Waals surface area (Å²) in [5.74, 6) is -0.332. The first-order valence-corrected chi connectivity index (χ1v) is 6.28. The van der Waals surface area contributed by atoms with Crippen LogP contribution in [0, 0.1) is 0 Å². The molecule has 0 spiro atoms. The van der Waals surface area contributed by atoms with E-state index in [1.165, 1.54) is 12.3 Å². The zero-order valence-electron chi connectivity index (χ0n) is 10.9. The second kappa shape index (κ2) is 6.36. The molecule has 0 aliphatic heterocycles. The van der Waals surface area contributed by atoms with Gasteiger partial charge >= 0.3 is 0 Å². The van der Waals surface area contributed by atoms with Gasteiger partial charge in [0.25, 0.3) is 5.91 Å². The van der Waals surface area contributed by atoms with Crippen LogP contribution in [0.15, 0.2) is 36.5 Å². The zero-order chi connectivity index (χ0) is 14.5. The van der Waals surface area contributed by atoms with Gasteiger partial charge in [0.1, 0.15) is 5.15 Å². The number of amides is 1. The third-order valence-corrected chi connectivity index (χ3v) is 2.85. The number of methoxy groups -OCH3 is 1. The fourth-order valence-corrected chi connectivity index (χ4v) is 1.90. The second-order valence-corrected chi connectivity index (χ2v) is 4.57. The first-order valence-electron chi connectivity index (χ1n) is 5.90. The Morgan fingerprint density at radius 3 is 3.00 bits per heavy atom. The maximum absolute atomic E-state index is 12.1. The number of nitrogen functional groups attached to an aromatic ring is 1. The monoisotopic (exact) mass is 291 g/mol. The molecule has 0 unspecified atom stereocenters. The normalized spacial score (nSPS) is 10.3. The standard InChI is InChI=1S/C14H14ClN3O2/c1-20-8-9-3-2-4-10(5-9)18-14(19)11-6-13(15)17-7-12(11)16/h2-7H,8,16H2,1H3,(H,18,19). The summed E-state index contributed by atoms with van der Waals surface area (Å²) in [4.78, 5) is 16.0. The van der Waals surface area contributed by atoms with Crippen molar-refractivity contribution in [3.63, 3.8) is 0 Å². The van der Waals surface area contributed by atoms with Crippen LogP contribution in [0.1, 0.15) is 15.9 Å². The molecule has 0 fully saturated rings. The topological polar surface area (TPSA) is 77.2 Å². The van der Waals surface area contributed by atoms with Gasteiger partial charge in [0, 0.05) is 12.8 Å². The molecule has 1 amide bonds. The lowest BCUT2D eigenvalue weighted by Crippen LogP contribution is -2.14. The van der Waals surface area contributed by atoms with Crippen molar-refractivity contribution < 1.29 is 9.53 Å². The molecule has 6 heteroatoms. The Kier molecular flexibility index (Phi) is 4.55. The van der Waals surface area contributed by atoms with Crippen LogP contribution in [0.5, 0.6) is 0 Å². The number of anilines is 2.